The number of likely N-dealkylation sites (tertiary alicyclic amines) is 1. The molecule has 3 rings (SSSR count). The molecule has 108 valence electrons. The lowest BCUT2D eigenvalue weighted by atomic mass is 9.73. The molecule has 0 unspecified atom stereocenters. The average molecular weight is 276 g/mol. The molecular weight excluding hydrogens is 256 g/mol. The number of rotatable bonds is 1. The summed E-state index contributed by atoms with van der Waals surface area (Å²) < 4.78 is 5.37. The first kappa shape index (κ1) is 13.1. The van der Waals surface area contributed by atoms with Crippen molar-refractivity contribution in [3.05, 3.63) is 18.7 Å². The molecule has 6 heteroatoms. The summed E-state index contributed by atoms with van der Waals surface area (Å²) >= 11 is 0. The van der Waals surface area contributed by atoms with E-state index in [9.17, 15) is 4.79 Å². The van der Waals surface area contributed by atoms with Crippen LogP contribution < -0.4 is 4.90 Å². The first-order valence-electron chi connectivity index (χ1n) is 6.85. The minimum atomic E-state index is -0.424. The molecule has 0 aromatic carbocycles. The second-order valence-corrected chi connectivity index (χ2v) is 6.79. The Hall–Kier alpha value is -1.85. The Morgan fingerprint density at radius 1 is 1.20 bits per heavy atom. The molecule has 6 nitrogen and oxygen atoms in total. The molecule has 0 radical (unpaired) electrons. The lowest BCUT2D eigenvalue weighted by molar-refractivity contribution is -0.0453. The molecule has 2 aliphatic rings. The van der Waals surface area contributed by atoms with E-state index in [0.29, 0.717) is 0 Å². The molecular formula is C14H20N4O2. The molecule has 1 amide bonds. The zero-order valence-corrected chi connectivity index (χ0v) is 12.2. The Balaban J connectivity index is 1.49. The molecule has 2 aliphatic heterocycles. The van der Waals surface area contributed by atoms with E-state index in [2.05, 4.69) is 14.9 Å². The molecule has 3 heterocycles. The van der Waals surface area contributed by atoms with Crippen LogP contribution in [0.5, 0.6) is 0 Å². The van der Waals surface area contributed by atoms with Crippen molar-refractivity contribution in [3.63, 3.8) is 0 Å². The second kappa shape index (κ2) is 4.33. The molecule has 2 fully saturated rings. The fraction of sp³-hybridized carbons (Fsp3) is 0.643. The number of carbonyl (C=O) groups is 1. The Kier molecular flexibility index (Phi) is 2.84. The molecule has 1 aromatic heterocycles. The van der Waals surface area contributed by atoms with Crippen LogP contribution in [-0.2, 0) is 4.74 Å². The third-order valence-corrected chi connectivity index (χ3v) is 3.67. The van der Waals surface area contributed by atoms with E-state index in [1.54, 1.807) is 4.90 Å². The van der Waals surface area contributed by atoms with Gasteiger partial charge in [0.15, 0.2) is 0 Å². The molecule has 0 aliphatic carbocycles. The van der Waals surface area contributed by atoms with Crippen molar-refractivity contribution < 1.29 is 9.53 Å². The van der Waals surface area contributed by atoms with E-state index in [4.69, 9.17) is 4.74 Å². The molecule has 2 saturated heterocycles. The summed E-state index contributed by atoms with van der Waals surface area (Å²) in [5.74, 6) is 0. The van der Waals surface area contributed by atoms with Crippen LogP contribution >= 0.6 is 0 Å². The van der Waals surface area contributed by atoms with Gasteiger partial charge in [0.05, 0.1) is 18.1 Å². The minimum Gasteiger partial charge on any atom is -0.444 e. The van der Waals surface area contributed by atoms with Gasteiger partial charge in [-0.3, -0.25) is 0 Å². The normalized spacial score (nSPS) is 20.4. The van der Waals surface area contributed by atoms with Crippen molar-refractivity contribution in [2.75, 3.05) is 31.1 Å². The van der Waals surface area contributed by atoms with Crippen molar-refractivity contribution in [2.45, 2.75) is 26.4 Å². The van der Waals surface area contributed by atoms with Gasteiger partial charge in [0.25, 0.3) is 0 Å². The third kappa shape index (κ3) is 2.42. The first-order valence-corrected chi connectivity index (χ1v) is 6.85. The van der Waals surface area contributed by atoms with Crippen molar-refractivity contribution in [1.29, 1.82) is 0 Å². The van der Waals surface area contributed by atoms with Crippen molar-refractivity contribution in [3.8, 4) is 0 Å². The summed E-state index contributed by atoms with van der Waals surface area (Å²) in [6.07, 6.45) is 4.98. The Morgan fingerprint density at radius 2 is 1.80 bits per heavy atom. The number of aromatic nitrogens is 2. The molecule has 1 aromatic rings. The first-order chi connectivity index (χ1) is 9.37. The maximum Gasteiger partial charge on any atom is 0.410 e. The maximum absolute atomic E-state index is 11.9. The Bertz CT molecular complexity index is 498. The zero-order valence-electron chi connectivity index (χ0n) is 12.2. The molecule has 20 heavy (non-hydrogen) atoms. The van der Waals surface area contributed by atoms with E-state index in [1.807, 2.05) is 33.2 Å². The topological polar surface area (TPSA) is 58.6 Å². The van der Waals surface area contributed by atoms with Crippen LogP contribution in [0.15, 0.2) is 18.7 Å². The van der Waals surface area contributed by atoms with E-state index < -0.39 is 5.60 Å². The van der Waals surface area contributed by atoms with Gasteiger partial charge in [-0.2, -0.15) is 0 Å². The van der Waals surface area contributed by atoms with Crippen molar-refractivity contribution in [2.24, 2.45) is 5.41 Å². The van der Waals surface area contributed by atoms with Gasteiger partial charge < -0.3 is 14.5 Å². The Labute approximate surface area is 118 Å². The number of hydrogen-bond acceptors (Lipinski definition) is 5. The average Bonchev–Trinajstić information content (AvgIpc) is 2.24. The number of hydrogen-bond donors (Lipinski definition) is 0. The summed E-state index contributed by atoms with van der Waals surface area (Å²) in [7, 11) is 0. The van der Waals surface area contributed by atoms with Gasteiger partial charge >= 0.3 is 6.09 Å². The predicted molar refractivity (Wildman–Crippen MR) is 74.5 cm³/mol. The van der Waals surface area contributed by atoms with Crippen LogP contribution in [0, 0.1) is 5.41 Å². The molecule has 0 N–H and O–H groups in total. The second-order valence-electron chi connectivity index (χ2n) is 6.79. The van der Waals surface area contributed by atoms with Gasteiger partial charge in [-0.25, -0.2) is 14.8 Å². The SMILES string of the molecule is CC(C)(C)OC(=O)N1CC2(C1)CN(c1cncnc1)C2. The summed E-state index contributed by atoms with van der Waals surface area (Å²) in [4.78, 5) is 24.0. The number of carbonyl (C=O) groups excluding carboxylic acids is 1. The largest absolute Gasteiger partial charge is 0.444 e. The van der Waals surface area contributed by atoms with Crippen LogP contribution in [0.1, 0.15) is 20.8 Å². The molecule has 0 bridgehead atoms. The monoisotopic (exact) mass is 276 g/mol. The minimum absolute atomic E-state index is 0.204. The summed E-state index contributed by atoms with van der Waals surface area (Å²) in [5.41, 5.74) is 0.869. The standard InChI is InChI=1S/C14H20N4O2/c1-13(2,3)20-12(19)18-8-14(9-18)6-17(7-14)11-4-15-10-16-5-11/h4-5,10H,6-9H2,1-3H3. The smallest absolute Gasteiger partial charge is 0.410 e. The van der Waals surface area contributed by atoms with Gasteiger partial charge in [-0.15, -0.1) is 0 Å². The van der Waals surface area contributed by atoms with Crippen LogP contribution in [0.4, 0.5) is 10.5 Å². The third-order valence-electron chi connectivity index (χ3n) is 3.67. The quantitative estimate of drug-likeness (QED) is 0.778. The highest BCUT2D eigenvalue weighted by Crippen LogP contribution is 2.41. The molecule has 0 saturated carbocycles. The van der Waals surface area contributed by atoms with Crippen molar-refractivity contribution >= 4 is 11.8 Å². The van der Waals surface area contributed by atoms with Gasteiger partial charge in [-0.1, -0.05) is 0 Å². The van der Waals surface area contributed by atoms with Crippen LogP contribution in [0.25, 0.3) is 0 Å². The van der Waals surface area contributed by atoms with E-state index in [1.165, 1.54) is 6.33 Å². The number of nitrogens with zero attached hydrogens (tertiary/aromatic N) is 4. The van der Waals surface area contributed by atoms with Gasteiger partial charge in [-0.05, 0) is 20.8 Å². The van der Waals surface area contributed by atoms with Crippen LogP contribution in [0.2, 0.25) is 0 Å². The summed E-state index contributed by atoms with van der Waals surface area (Å²) in [6, 6.07) is 0. The summed E-state index contributed by atoms with van der Waals surface area (Å²) in [5, 5.41) is 0. The fourth-order valence-electron chi connectivity index (χ4n) is 2.82. The van der Waals surface area contributed by atoms with E-state index >= 15 is 0 Å². The maximum atomic E-state index is 11.9. The summed E-state index contributed by atoms with van der Waals surface area (Å²) in [6.45, 7) is 9.15. The number of anilines is 1. The Morgan fingerprint density at radius 3 is 2.35 bits per heavy atom. The van der Waals surface area contributed by atoms with Crippen LogP contribution in [-0.4, -0.2) is 52.7 Å². The highest BCUT2D eigenvalue weighted by atomic mass is 16.6. The highest BCUT2D eigenvalue weighted by Gasteiger charge is 2.54. The van der Waals surface area contributed by atoms with Gasteiger partial charge in [0.2, 0.25) is 0 Å². The molecule has 1 spiro atoms. The number of amides is 1. The van der Waals surface area contributed by atoms with E-state index in [-0.39, 0.29) is 11.5 Å². The lowest BCUT2D eigenvalue weighted by Crippen LogP contribution is -2.73. The number of ether oxygens (including phenoxy) is 1. The van der Waals surface area contributed by atoms with Gasteiger partial charge in [0, 0.05) is 31.6 Å². The zero-order chi connectivity index (χ0) is 14.4. The predicted octanol–water partition coefficient (Wildman–Crippen LogP) is 1.53. The van der Waals surface area contributed by atoms with Crippen LogP contribution in [0.3, 0.4) is 0 Å². The lowest BCUT2D eigenvalue weighted by Gasteiger charge is -2.60. The van der Waals surface area contributed by atoms with E-state index in [0.717, 1.165) is 31.9 Å². The fourth-order valence-corrected chi connectivity index (χ4v) is 2.82. The highest BCUT2D eigenvalue weighted by molar-refractivity contribution is 5.70. The molecule has 0 atom stereocenters. The van der Waals surface area contributed by atoms with Crippen molar-refractivity contribution in [1.82, 2.24) is 14.9 Å². The van der Waals surface area contributed by atoms with Gasteiger partial charge in [0.1, 0.15) is 11.9 Å².